The van der Waals surface area contributed by atoms with Gasteiger partial charge in [0.05, 0.1) is 18.2 Å². The SMILES string of the molecule is Cc1ccc(N2CC(c3ccc(C(F)(F)F)cc3)C[C@H]2CO)nc1. The number of aliphatic hydroxyl groups is 1. The van der Waals surface area contributed by atoms with Gasteiger partial charge in [0.1, 0.15) is 5.82 Å². The van der Waals surface area contributed by atoms with Crippen molar-refractivity contribution >= 4 is 5.82 Å². The first kappa shape index (κ1) is 16.8. The molecule has 1 N–H and O–H groups in total. The van der Waals surface area contributed by atoms with Crippen LogP contribution in [-0.2, 0) is 6.18 Å². The second-order valence-electron chi connectivity index (χ2n) is 6.23. The summed E-state index contributed by atoms with van der Waals surface area (Å²) in [5, 5.41) is 9.65. The van der Waals surface area contributed by atoms with Crippen LogP contribution in [0.4, 0.5) is 19.0 Å². The van der Waals surface area contributed by atoms with Crippen molar-refractivity contribution in [2.45, 2.75) is 31.5 Å². The number of aliphatic hydroxyl groups excluding tert-OH is 1. The maximum absolute atomic E-state index is 12.7. The smallest absolute Gasteiger partial charge is 0.394 e. The van der Waals surface area contributed by atoms with E-state index >= 15 is 0 Å². The number of nitrogens with zero attached hydrogens (tertiary/aromatic N) is 2. The first-order valence-corrected chi connectivity index (χ1v) is 7.86. The quantitative estimate of drug-likeness (QED) is 0.927. The fourth-order valence-electron chi connectivity index (χ4n) is 3.19. The molecule has 1 aliphatic rings. The van der Waals surface area contributed by atoms with Gasteiger partial charge in [0.25, 0.3) is 0 Å². The summed E-state index contributed by atoms with van der Waals surface area (Å²) in [6.45, 7) is 2.58. The molecule has 1 aliphatic heterocycles. The predicted octanol–water partition coefficient (Wildman–Crippen LogP) is 3.76. The van der Waals surface area contributed by atoms with Crippen LogP contribution in [0.1, 0.15) is 29.0 Å². The predicted molar refractivity (Wildman–Crippen MR) is 86.0 cm³/mol. The molecule has 0 aliphatic carbocycles. The monoisotopic (exact) mass is 336 g/mol. The average molecular weight is 336 g/mol. The van der Waals surface area contributed by atoms with E-state index in [1.165, 1.54) is 12.1 Å². The molecule has 3 rings (SSSR count). The molecule has 1 aromatic heterocycles. The molecule has 24 heavy (non-hydrogen) atoms. The molecule has 3 nitrogen and oxygen atoms in total. The fraction of sp³-hybridized carbons (Fsp3) is 0.389. The fourth-order valence-corrected chi connectivity index (χ4v) is 3.19. The first-order chi connectivity index (χ1) is 11.4. The third kappa shape index (κ3) is 3.38. The van der Waals surface area contributed by atoms with E-state index in [0.717, 1.165) is 29.1 Å². The third-order valence-corrected chi connectivity index (χ3v) is 4.52. The van der Waals surface area contributed by atoms with E-state index in [0.29, 0.717) is 13.0 Å². The zero-order valence-electron chi connectivity index (χ0n) is 13.3. The number of alkyl halides is 3. The van der Waals surface area contributed by atoms with E-state index in [-0.39, 0.29) is 18.6 Å². The maximum atomic E-state index is 12.7. The van der Waals surface area contributed by atoms with Gasteiger partial charge in [0.2, 0.25) is 0 Å². The summed E-state index contributed by atoms with van der Waals surface area (Å²) in [6, 6.07) is 9.11. The van der Waals surface area contributed by atoms with E-state index < -0.39 is 11.7 Å². The van der Waals surface area contributed by atoms with Gasteiger partial charge in [-0.2, -0.15) is 13.2 Å². The minimum absolute atomic E-state index is 0.00725. The van der Waals surface area contributed by atoms with Crippen molar-refractivity contribution in [3.63, 3.8) is 0 Å². The van der Waals surface area contributed by atoms with Gasteiger partial charge >= 0.3 is 6.18 Å². The van der Waals surface area contributed by atoms with Crippen molar-refractivity contribution in [3.8, 4) is 0 Å². The molecule has 0 bridgehead atoms. The Morgan fingerprint density at radius 3 is 2.42 bits per heavy atom. The normalized spacial score (nSPS) is 21.3. The van der Waals surface area contributed by atoms with E-state index in [1.807, 2.05) is 24.0 Å². The first-order valence-electron chi connectivity index (χ1n) is 7.86. The highest BCUT2D eigenvalue weighted by molar-refractivity contribution is 5.44. The highest BCUT2D eigenvalue weighted by Gasteiger charge is 2.34. The van der Waals surface area contributed by atoms with Crippen LogP contribution in [0.25, 0.3) is 0 Å². The number of halogens is 3. The van der Waals surface area contributed by atoms with Gasteiger partial charge in [0, 0.05) is 18.7 Å². The zero-order chi connectivity index (χ0) is 17.3. The van der Waals surface area contributed by atoms with Gasteiger partial charge in [-0.3, -0.25) is 0 Å². The van der Waals surface area contributed by atoms with Crippen molar-refractivity contribution < 1.29 is 18.3 Å². The van der Waals surface area contributed by atoms with Gasteiger partial charge in [-0.1, -0.05) is 18.2 Å². The molecule has 1 saturated heterocycles. The van der Waals surface area contributed by atoms with Gasteiger partial charge in [-0.15, -0.1) is 0 Å². The van der Waals surface area contributed by atoms with Gasteiger partial charge < -0.3 is 10.0 Å². The van der Waals surface area contributed by atoms with E-state index in [4.69, 9.17) is 0 Å². The number of aryl methyl sites for hydroxylation is 1. The molecule has 0 spiro atoms. The number of aromatic nitrogens is 1. The van der Waals surface area contributed by atoms with Crippen LogP contribution in [0.2, 0.25) is 0 Å². The van der Waals surface area contributed by atoms with Crippen molar-refractivity contribution in [3.05, 3.63) is 59.3 Å². The summed E-state index contributed by atoms with van der Waals surface area (Å²) in [6.07, 6.45) is -1.85. The molecule has 128 valence electrons. The topological polar surface area (TPSA) is 36.4 Å². The molecule has 1 aromatic carbocycles. The lowest BCUT2D eigenvalue weighted by molar-refractivity contribution is -0.137. The summed E-state index contributed by atoms with van der Waals surface area (Å²) in [4.78, 5) is 6.43. The number of hydrogen-bond acceptors (Lipinski definition) is 3. The second-order valence-corrected chi connectivity index (χ2v) is 6.23. The lowest BCUT2D eigenvalue weighted by atomic mass is 9.95. The summed E-state index contributed by atoms with van der Waals surface area (Å²) in [5.74, 6) is 0.863. The summed E-state index contributed by atoms with van der Waals surface area (Å²) in [7, 11) is 0. The molecule has 2 aromatic rings. The number of anilines is 1. The van der Waals surface area contributed by atoms with Crippen molar-refractivity contribution in [2.75, 3.05) is 18.1 Å². The molecule has 0 radical (unpaired) electrons. The van der Waals surface area contributed by atoms with E-state index in [9.17, 15) is 18.3 Å². The average Bonchev–Trinajstić information content (AvgIpc) is 2.99. The lowest BCUT2D eigenvalue weighted by Gasteiger charge is -2.24. The standard InChI is InChI=1S/C18H19F3N2O/c1-12-2-7-17(22-9-12)23-10-14(8-16(23)11-24)13-3-5-15(6-4-13)18(19,20)21/h2-7,9,14,16,24H,8,10-11H2,1H3/t14?,16-/m0/s1. The van der Waals surface area contributed by atoms with Crippen LogP contribution in [0.3, 0.4) is 0 Å². The molecule has 0 amide bonds. The lowest BCUT2D eigenvalue weighted by Crippen LogP contribution is -2.32. The Bertz CT molecular complexity index is 683. The minimum atomic E-state index is -4.32. The highest BCUT2D eigenvalue weighted by Crippen LogP contribution is 2.36. The zero-order valence-corrected chi connectivity index (χ0v) is 13.3. The van der Waals surface area contributed by atoms with Crippen LogP contribution in [0.15, 0.2) is 42.6 Å². The number of rotatable bonds is 3. The highest BCUT2D eigenvalue weighted by atomic mass is 19.4. The minimum Gasteiger partial charge on any atom is -0.394 e. The molecular formula is C18H19F3N2O. The van der Waals surface area contributed by atoms with Crippen molar-refractivity contribution in [2.24, 2.45) is 0 Å². The van der Waals surface area contributed by atoms with Crippen LogP contribution < -0.4 is 4.90 Å². The van der Waals surface area contributed by atoms with Crippen LogP contribution in [-0.4, -0.2) is 29.3 Å². The summed E-state index contributed by atoms with van der Waals surface area (Å²) in [5.41, 5.74) is 1.27. The third-order valence-electron chi connectivity index (χ3n) is 4.52. The van der Waals surface area contributed by atoms with Crippen LogP contribution in [0.5, 0.6) is 0 Å². The molecule has 2 heterocycles. The second kappa shape index (κ2) is 6.43. The van der Waals surface area contributed by atoms with Crippen molar-refractivity contribution in [1.29, 1.82) is 0 Å². The van der Waals surface area contributed by atoms with E-state index in [2.05, 4.69) is 4.98 Å². The maximum Gasteiger partial charge on any atom is 0.416 e. The Morgan fingerprint density at radius 2 is 1.88 bits per heavy atom. The number of benzene rings is 1. The number of pyridine rings is 1. The summed E-state index contributed by atoms with van der Waals surface area (Å²) < 4.78 is 38.0. The van der Waals surface area contributed by atoms with E-state index in [1.54, 1.807) is 6.20 Å². The Morgan fingerprint density at radius 1 is 1.17 bits per heavy atom. The molecule has 6 heteroatoms. The Labute approximate surface area is 138 Å². The van der Waals surface area contributed by atoms with Crippen LogP contribution in [0, 0.1) is 6.92 Å². The van der Waals surface area contributed by atoms with Gasteiger partial charge in [0.15, 0.2) is 0 Å². The molecule has 2 atom stereocenters. The molecule has 0 saturated carbocycles. The number of hydrogen-bond donors (Lipinski definition) is 1. The van der Waals surface area contributed by atoms with Crippen molar-refractivity contribution in [1.82, 2.24) is 4.98 Å². The Kier molecular flexibility index (Phi) is 4.49. The molecule has 1 unspecified atom stereocenters. The van der Waals surface area contributed by atoms with Crippen LogP contribution >= 0.6 is 0 Å². The Hall–Kier alpha value is -2.08. The summed E-state index contributed by atoms with van der Waals surface area (Å²) >= 11 is 0. The van der Waals surface area contributed by atoms with Gasteiger partial charge in [-0.05, 0) is 42.7 Å². The van der Waals surface area contributed by atoms with Gasteiger partial charge in [-0.25, -0.2) is 4.98 Å². The molecular weight excluding hydrogens is 317 g/mol. The largest absolute Gasteiger partial charge is 0.416 e. The molecule has 1 fully saturated rings. The Balaban J connectivity index is 1.80.